The third-order valence-corrected chi connectivity index (χ3v) is 4.05. The number of carboxylic acid groups (broad SMARTS) is 1. The van der Waals surface area contributed by atoms with Crippen LogP contribution in [-0.4, -0.2) is 24.2 Å². The molecule has 0 bridgehead atoms. The third kappa shape index (κ3) is 4.67. The summed E-state index contributed by atoms with van der Waals surface area (Å²) in [6.45, 7) is 0.451. The monoisotopic (exact) mass is 377 g/mol. The molecule has 0 saturated heterocycles. The Morgan fingerprint density at radius 3 is 2.36 bits per heavy atom. The quantitative estimate of drug-likeness (QED) is 0.474. The maximum atomic E-state index is 12.2. The Bertz CT molecular complexity index is 985. The number of carbonyl (C=O) groups excluding carboxylic acids is 1. The average Bonchev–Trinajstić information content (AvgIpc) is 2.73. The molecule has 0 aliphatic heterocycles. The summed E-state index contributed by atoms with van der Waals surface area (Å²) in [5.74, 6) is -0.680. The number of anilines is 1. The zero-order valence-corrected chi connectivity index (χ0v) is 15.2. The van der Waals surface area contributed by atoms with Crippen molar-refractivity contribution in [3.8, 4) is 11.5 Å². The number of benzene rings is 3. The van der Waals surface area contributed by atoms with E-state index in [1.807, 2.05) is 12.1 Å². The van der Waals surface area contributed by atoms with E-state index in [1.54, 1.807) is 54.6 Å². The standard InChI is InChI=1S/C22H19NO5/c1-27-20-12-15(14-23-18-9-5-8-17(13-18)21(24)25)10-11-19(20)28-22(26)16-6-3-2-4-7-16/h2-13,23H,14H2,1H3,(H,24,25). The molecule has 0 aromatic heterocycles. The van der Waals surface area contributed by atoms with Crippen LogP contribution in [0.1, 0.15) is 26.3 Å². The molecule has 0 atom stereocenters. The van der Waals surface area contributed by atoms with Crippen molar-refractivity contribution in [1.29, 1.82) is 0 Å². The lowest BCUT2D eigenvalue weighted by atomic mass is 10.1. The van der Waals surface area contributed by atoms with E-state index in [0.29, 0.717) is 29.3 Å². The van der Waals surface area contributed by atoms with Gasteiger partial charge in [0, 0.05) is 12.2 Å². The van der Waals surface area contributed by atoms with E-state index in [9.17, 15) is 9.59 Å². The second-order valence-electron chi connectivity index (χ2n) is 5.98. The van der Waals surface area contributed by atoms with Gasteiger partial charge in [0.2, 0.25) is 0 Å². The number of aromatic carboxylic acids is 1. The van der Waals surface area contributed by atoms with Gasteiger partial charge in [-0.3, -0.25) is 0 Å². The van der Waals surface area contributed by atoms with Gasteiger partial charge in [-0.1, -0.05) is 30.3 Å². The van der Waals surface area contributed by atoms with Gasteiger partial charge in [0.15, 0.2) is 11.5 Å². The Balaban J connectivity index is 1.70. The highest BCUT2D eigenvalue weighted by Gasteiger charge is 2.13. The van der Waals surface area contributed by atoms with E-state index in [-0.39, 0.29) is 5.56 Å². The first-order valence-corrected chi connectivity index (χ1v) is 8.58. The van der Waals surface area contributed by atoms with Gasteiger partial charge in [0.25, 0.3) is 0 Å². The van der Waals surface area contributed by atoms with E-state index in [4.69, 9.17) is 14.6 Å². The van der Waals surface area contributed by atoms with Crippen molar-refractivity contribution in [3.63, 3.8) is 0 Å². The molecule has 3 aromatic rings. The Hall–Kier alpha value is -3.80. The first kappa shape index (κ1) is 19.0. The van der Waals surface area contributed by atoms with E-state index < -0.39 is 11.9 Å². The molecule has 3 aromatic carbocycles. The zero-order chi connectivity index (χ0) is 19.9. The van der Waals surface area contributed by atoms with Gasteiger partial charge in [0.1, 0.15) is 0 Å². The topological polar surface area (TPSA) is 84.9 Å². The third-order valence-electron chi connectivity index (χ3n) is 4.05. The lowest BCUT2D eigenvalue weighted by molar-refractivity contribution is 0.0694. The van der Waals surface area contributed by atoms with Gasteiger partial charge in [-0.05, 0) is 48.0 Å². The van der Waals surface area contributed by atoms with Gasteiger partial charge >= 0.3 is 11.9 Å². The Morgan fingerprint density at radius 1 is 0.893 bits per heavy atom. The summed E-state index contributed by atoms with van der Waals surface area (Å²) in [4.78, 5) is 23.3. The fourth-order valence-corrected chi connectivity index (χ4v) is 2.61. The maximum Gasteiger partial charge on any atom is 0.343 e. The molecular weight excluding hydrogens is 358 g/mol. The fourth-order valence-electron chi connectivity index (χ4n) is 2.61. The van der Waals surface area contributed by atoms with Crippen molar-refractivity contribution in [1.82, 2.24) is 0 Å². The molecule has 0 radical (unpaired) electrons. The highest BCUT2D eigenvalue weighted by atomic mass is 16.6. The molecule has 28 heavy (non-hydrogen) atoms. The van der Waals surface area contributed by atoms with Crippen LogP contribution in [0.25, 0.3) is 0 Å². The molecule has 0 heterocycles. The average molecular weight is 377 g/mol. The number of carbonyl (C=O) groups is 2. The first-order chi connectivity index (χ1) is 13.6. The summed E-state index contributed by atoms with van der Waals surface area (Å²) in [6.07, 6.45) is 0. The van der Waals surface area contributed by atoms with Gasteiger partial charge in [-0.25, -0.2) is 9.59 Å². The molecule has 6 nitrogen and oxygen atoms in total. The van der Waals surface area contributed by atoms with Gasteiger partial charge in [-0.15, -0.1) is 0 Å². The molecule has 2 N–H and O–H groups in total. The zero-order valence-electron chi connectivity index (χ0n) is 15.2. The number of hydrogen-bond donors (Lipinski definition) is 2. The predicted octanol–water partition coefficient (Wildman–Crippen LogP) is 4.22. The van der Waals surface area contributed by atoms with Crippen molar-refractivity contribution in [2.24, 2.45) is 0 Å². The molecule has 0 fully saturated rings. The molecule has 6 heteroatoms. The van der Waals surface area contributed by atoms with Crippen LogP contribution in [0.5, 0.6) is 11.5 Å². The van der Waals surface area contributed by atoms with Gasteiger partial charge in [-0.2, -0.15) is 0 Å². The Labute approximate surface area is 162 Å². The summed E-state index contributed by atoms with van der Waals surface area (Å²) in [5.41, 5.74) is 2.25. The molecule has 0 aliphatic carbocycles. The number of carboxylic acids is 1. The van der Waals surface area contributed by atoms with Crippen LogP contribution in [-0.2, 0) is 6.54 Å². The summed E-state index contributed by atoms with van der Waals surface area (Å²) in [7, 11) is 1.50. The molecule has 0 spiro atoms. The molecule has 0 aliphatic rings. The van der Waals surface area contributed by atoms with Crippen LogP contribution in [0, 0.1) is 0 Å². The molecule has 0 unspecified atom stereocenters. The highest BCUT2D eigenvalue weighted by molar-refractivity contribution is 5.91. The number of hydrogen-bond acceptors (Lipinski definition) is 5. The molecule has 0 amide bonds. The maximum absolute atomic E-state index is 12.2. The number of methoxy groups -OCH3 is 1. The van der Waals surface area contributed by atoms with Crippen LogP contribution >= 0.6 is 0 Å². The minimum Gasteiger partial charge on any atom is -0.493 e. The number of ether oxygens (including phenoxy) is 2. The summed E-state index contributed by atoms with van der Waals surface area (Å²) < 4.78 is 10.8. The minimum atomic E-state index is -0.977. The summed E-state index contributed by atoms with van der Waals surface area (Å²) >= 11 is 0. The van der Waals surface area contributed by atoms with Gasteiger partial charge < -0.3 is 19.9 Å². The predicted molar refractivity (Wildman–Crippen MR) is 105 cm³/mol. The number of nitrogens with one attached hydrogen (secondary N) is 1. The lowest BCUT2D eigenvalue weighted by Crippen LogP contribution is -2.09. The van der Waals surface area contributed by atoms with Crippen LogP contribution in [0.2, 0.25) is 0 Å². The number of rotatable bonds is 7. The Kier molecular flexibility index (Phi) is 5.91. The van der Waals surface area contributed by atoms with Crippen LogP contribution < -0.4 is 14.8 Å². The smallest absolute Gasteiger partial charge is 0.343 e. The summed E-state index contributed by atoms with van der Waals surface area (Å²) in [6, 6.07) is 20.5. The van der Waals surface area contributed by atoms with E-state index in [1.165, 1.54) is 13.2 Å². The van der Waals surface area contributed by atoms with Gasteiger partial charge in [0.05, 0.1) is 18.2 Å². The molecule has 3 rings (SSSR count). The van der Waals surface area contributed by atoms with Crippen LogP contribution in [0.4, 0.5) is 5.69 Å². The lowest BCUT2D eigenvalue weighted by Gasteiger charge is -2.12. The van der Waals surface area contributed by atoms with E-state index in [2.05, 4.69) is 5.32 Å². The SMILES string of the molecule is COc1cc(CNc2cccc(C(=O)O)c2)ccc1OC(=O)c1ccccc1. The normalized spacial score (nSPS) is 10.2. The minimum absolute atomic E-state index is 0.214. The highest BCUT2D eigenvalue weighted by Crippen LogP contribution is 2.29. The second kappa shape index (κ2) is 8.73. The largest absolute Gasteiger partial charge is 0.493 e. The molecule has 0 saturated carbocycles. The van der Waals surface area contributed by atoms with Crippen molar-refractivity contribution in [2.75, 3.05) is 12.4 Å². The van der Waals surface area contributed by atoms with Crippen LogP contribution in [0.3, 0.4) is 0 Å². The van der Waals surface area contributed by atoms with Crippen molar-refractivity contribution in [2.45, 2.75) is 6.54 Å². The van der Waals surface area contributed by atoms with E-state index >= 15 is 0 Å². The number of esters is 1. The fraction of sp³-hybridized carbons (Fsp3) is 0.0909. The second-order valence-corrected chi connectivity index (χ2v) is 5.98. The molecular formula is C22H19NO5. The Morgan fingerprint density at radius 2 is 1.64 bits per heavy atom. The molecule has 142 valence electrons. The first-order valence-electron chi connectivity index (χ1n) is 8.58. The van der Waals surface area contributed by atoms with Crippen molar-refractivity contribution in [3.05, 3.63) is 89.5 Å². The van der Waals surface area contributed by atoms with Crippen molar-refractivity contribution >= 4 is 17.6 Å². The van der Waals surface area contributed by atoms with E-state index in [0.717, 1.165) is 5.56 Å². The van der Waals surface area contributed by atoms with Crippen molar-refractivity contribution < 1.29 is 24.2 Å². The summed E-state index contributed by atoms with van der Waals surface area (Å²) in [5, 5.41) is 12.2. The van der Waals surface area contributed by atoms with Crippen LogP contribution in [0.15, 0.2) is 72.8 Å².